The third-order valence-corrected chi connectivity index (χ3v) is 11.9. The van der Waals surface area contributed by atoms with Crippen molar-refractivity contribution in [2.24, 2.45) is 17.8 Å². The van der Waals surface area contributed by atoms with Gasteiger partial charge in [0.25, 0.3) is 0 Å². The van der Waals surface area contributed by atoms with E-state index in [0.29, 0.717) is 74.5 Å². The molecule has 0 unspecified atom stereocenters. The summed E-state index contributed by atoms with van der Waals surface area (Å²) in [6, 6.07) is 0. The molecule has 7 rings (SSSR count). The largest absolute Gasteiger partial charge is 0.458 e. The minimum Gasteiger partial charge on any atom is -0.458 e. The molecule has 0 amide bonds. The van der Waals surface area contributed by atoms with Crippen LogP contribution in [0, 0.1) is 17.8 Å². The highest BCUT2D eigenvalue weighted by Crippen LogP contribution is 2.39. The number of nitrogens with zero attached hydrogens (tertiary/aromatic N) is 2. The fraction of sp³-hybridized carbons (Fsp3) is 0.651. The van der Waals surface area contributed by atoms with Gasteiger partial charge in [0.05, 0.1) is 55.8 Å². The molecule has 2 aromatic heterocycles. The average Bonchev–Trinajstić information content (AvgIpc) is 3.79. The van der Waals surface area contributed by atoms with Crippen molar-refractivity contribution in [1.29, 1.82) is 0 Å². The summed E-state index contributed by atoms with van der Waals surface area (Å²) in [5.41, 5.74) is 3.16. The van der Waals surface area contributed by atoms with Crippen molar-refractivity contribution < 1.29 is 52.6 Å². The van der Waals surface area contributed by atoms with E-state index >= 15 is 0 Å². The van der Waals surface area contributed by atoms with Gasteiger partial charge in [0.2, 0.25) is 5.89 Å². The predicted octanol–water partition coefficient (Wildman–Crippen LogP) is 6.19. The second kappa shape index (κ2) is 17.6. The first-order valence-electron chi connectivity index (χ1n) is 20.3. The molecule has 56 heavy (non-hydrogen) atoms. The van der Waals surface area contributed by atoms with Gasteiger partial charge in [-0.3, -0.25) is 0 Å². The maximum absolute atomic E-state index is 13.4. The summed E-state index contributed by atoms with van der Waals surface area (Å²) in [6.07, 6.45) is 14.3. The molecule has 0 radical (unpaired) electrons. The monoisotopic (exact) mass is 778 g/mol. The van der Waals surface area contributed by atoms with Crippen LogP contribution in [0.1, 0.15) is 115 Å². The lowest BCUT2D eigenvalue weighted by Crippen LogP contribution is -2.50. The van der Waals surface area contributed by atoms with E-state index in [1.165, 1.54) is 12.3 Å². The van der Waals surface area contributed by atoms with Crippen molar-refractivity contribution in [1.82, 2.24) is 9.97 Å². The molecule has 0 aliphatic carbocycles. The van der Waals surface area contributed by atoms with Crippen LogP contribution in [0.4, 0.5) is 0 Å². The van der Waals surface area contributed by atoms with Crippen LogP contribution in [0.3, 0.4) is 0 Å². The van der Waals surface area contributed by atoms with Crippen molar-refractivity contribution in [2.75, 3.05) is 6.61 Å². The Balaban J connectivity index is 1.11. The number of ether oxygens (including phenoxy) is 5. The Kier molecular flexibility index (Phi) is 12.8. The second-order valence-electron chi connectivity index (χ2n) is 16.9. The van der Waals surface area contributed by atoms with Gasteiger partial charge in [-0.25, -0.2) is 14.8 Å². The lowest BCUT2D eigenvalue weighted by Gasteiger charge is -2.44. The van der Waals surface area contributed by atoms with Gasteiger partial charge in [0, 0.05) is 37.2 Å². The van der Waals surface area contributed by atoms with Crippen LogP contribution in [-0.2, 0) is 34.9 Å². The van der Waals surface area contributed by atoms with Crippen molar-refractivity contribution in [3.63, 3.8) is 0 Å². The summed E-state index contributed by atoms with van der Waals surface area (Å²) < 4.78 is 43.3. The highest BCUT2D eigenvalue weighted by atomic mass is 16.6. The van der Waals surface area contributed by atoms with Crippen molar-refractivity contribution >= 4 is 18.1 Å². The maximum atomic E-state index is 13.4. The highest BCUT2D eigenvalue weighted by molar-refractivity contribution is 5.82. The molecule has 5 aliphatic heterocycles. The van der Waals surface area contributed by atoms with Crippen molar-refractivity contribution in [2.45, 2.75) is 153 Å². The van der Waals surface area contributed by atoms with Crippen molar-refractivity contribution in [3.8, 4) is 0 Å². The van der Waals surface area contributed by atoms with E-state index in [1.54, 1.807) is 6.26 Å². The number of fused-ring (bicyclic) bond motifs is 9. The summed E-state index contributed by atoms with van der Waals surface area (Å²) >= 11 is 0. The average molecular weight is 779 g/mol. The number of hydrogen-bond donors (Lipinski definition) is 3. The van der Waals surface area contributed by atoms with E-state index < -0.39 is 42.3 Å². The number of aliphatic hydroxyl groups is 3. The molecule has 2 aromatic rings. The normalized spacial score (nSPS) is 39.9. The van der Waals surface area contributed by atoms with Crippen LogP contribution in [0.5, 0.6) is 0 Å². The second-order valence-corrected chi connectivity index (χ2v) is 16.9. The van der Waals surface area contributed by atoms with Crippen LogP contribution in [0.15, 0.2) is 57.3 Å². The minimum absolute atomic E-state index is 0.0545. The Bertz CT molecular complexity index is 1760. The van der Waals surface area contributed by atoms with Gasteiger partial charge in [0.15, 0.2) is 11.7 Å². The molecule has 0 spiro atoms. The smallest absolute Gasteiger partial charge is 0.330 e. The van der Waals surface area contributed by atoms with Gasteiger partial charge >= 0.3 is 5.97 Å². The number of rotatable bonds is 5. The first kappa shape index (κ1) is 40.8. The third kappa shape index (κ3) is 9.98. The molecule has 5 aliphatic rings. The van der Waals surface area contributed by atoms with Gasteiger partial charge in [-0.1, -0.05) is 45.1 Å². The number of oxazole rings is 2. The van der Waals surface area contributed by atoms with E-state index in [1.807, 2.05) is 52.0 Å². The zero-order valence-corrected chi connectivity index (χ0v) is 33.0. The molecule has 0 saturated carbocycles. The van der Waals surface area contributed by atoms with Gasteiger partial charge in [0.1, 0.15) is 36.1 Å². The number of hydrogen-bond acceptors (Lipinski definition) is 13. The number of carbonyl (C=O) groups is 1. The minimum atomic E-state index is -1.48. The van der Waals surface area contributed by atoms with Crippen LogP contribution >= 0.6 is 0 Å². The molecule has 3 N–H and O–H groups in total. The third-order valence-electron chi connectivity index (χ3n) is 11.9. The van der Waals surface area contributed by atoms with Crippen molar-refractivity contribution in [3.05, 3.63) is 71.6 Å². The number of aliphatic hydroxyl groups excluding tert-OH is 2. The molecule has 13 atom stereocenters. The van der Waals surface area contributed by atoms with E-state index in [4.69, 9.17) is 37.5 Å². The molecular formula is C43H58N2O11. The Morgan fingerprint density at radius 3 is 2.57 bits per heavy atom. The van der Waals surface area contributed by atoms with E-state index in [-0.39, 0.29) is 55.2 Å². The molecule has 0 aromatic carbocycles. The molecule has 13 nitrogen and oxygen atoms in total. The summed E-state index contributed by atoms with van der Waals surface area (Å²) in [4.78, 5) is 22.7. The van der Waals surface area contributed by atoms with Crippen LogP contribution in [0.25, 0.3) is 12.2 Å². The van der Waals surface area contributed by atoms with Crippen LogP contribution < -0.4 is 0 Å². The first-order chi connectivity index (χ1) is 26.8. The molecule has 4 fully saturated rings. The Morgan fingerprint density at radius 2 is 1.75 bits per heavy atom. The Labute approximate surface area is 328 Å². The number of carbonyl (C=O) groups excluding carboxylic acids is 1. The van der Waals surface area contributed by atoms with Gasteiger partial charge in [-0.15, -0.1) is 0 Å². The lowest BCUT2D eigenvalue weighted by atomic mass is 9.79. The number of esters is 1. The zero-order chi connectivity index (χ0) is 39.6. The maximum Gasteiger partial charge on any atom is 0.330 e. The standard InChI is InChI=1S/C43H58N2O11/c1-24-12-31-8-6-11-40(48)55-42-27(4)36(9-7-10-38-45-35(23-51-38)37-17-30(47)16-33(53-37)18-32(13-24)52-31)54-41(28(42)5)26(3)15-29-22-50-39(44-29)20-43(49)19-25(2)14-34(21-46)56-43/h6-7,10-11,15,22-23,25,27-28,30-34,36-37,41-42,46-47,49H,1,8-9,12-14,16-21H2,2-5H3/b10-7+,11-6-,26-15+/t25-,27+,28+,30-,31+,32-,33+,34-,36-,37-,41+,42+,43+/m1/s1. The highest BCUT2D eigenvalue weighted by Gasteiger charge is 2.44. The topological polar surface area (TPSA) is 176 Å². The first-order valence-corrected chi connectivity index (χ1v) is 20.3. The van der Waals surface area contributed by atoms with Crippen LogP contribution in [-0.4, -0.2) is 92.5 Å². The van der Waals surface area contributed by atoms with Gasteiger partial charge in [-0.05, 0) is 69.1 Å². The molecule has 8 bridgehead atoms. The SMILES string of the molecule is C=C1C[C@@H]2C[C@@H]3C[C@@H](O)C[C@@H](O3)c3coc(n3)/C=C/C[C@H]3O[C@@H](/C(C)=C/c4coc(C[C@]5(O)C[C@H](C)C[C@H](CO)O5)n4)[C@H](C)[C@@H](OC(=O)/C=C\C[C@@H](C1)O2)[C@H]3C. The summed E-state index contributed by atoms with van der Waals surface area (Å²) in [7, 11) is 0. The lowest BCUT2D eigenvalue weighted by molar-refractivity contribution is -0.269. The number of aromatic nitrogens is 2. The van der Waals surface area contributed by atoms with E-state index in [9.17, 15) is 20.1 Å². The molecule has 4 saturated heterocycles. The van der Waals surface area contributed by atoms with Crippen LogP contribution in [0.2, 0.25) is 0 Å². The van der Waals surface area contributed by atoms with E-state index in [2.05, 4.69) is 11.6 Å². The Morgan fingerprint density at radius 1 is 0.946 bits per heavy atom. The summed E-state index contributed by atoms with van der Waals surface area (Å²) in [5, 5.41) is 31.6. The molecule has 13 heteroatoms. The molecular weight excluding hydrogens is 720 g/mol. The quantitative estimate of drug-likeness (QED) is 0.232. The molecule has 7 heterocycles. The van der Waals surface area contributed by atoms with Gasteiger partial charge in [-0.2, -0.15) is 0 Å². The molecule has 306 valence electrons. The fourth-order valence-corrected chi connectivity index (χ4v) is 9.36. The fourth-order valence-electron chi connectivity index (χ4n) is 9.36. The Hall–Kier alpha value is -3.43. The van der Waals surface area contributed by atoms with E-state index in [0.717, 1.165) is 17.6 Å². The predicted molar refractivity (Wildman–Crippen MR) is 204 cm³/mol. The van der Waals surface area contributed by atoms with Gasteiger partial charge < -0.3 is 47.8 Å². The summed E-state index contributed by atoms with van der Waals surface area (Å²) in [5.74, 6) is -1.33. The summed E-state index contributed by atoms with van der Waals surface area (Å²) in [6.45, 7) is 12.2. The zero-order valence-electron chi connectivity index (χ0n) is 33.0.